The van der Waals surface area contributed by atoms with Crippen LogP contribution in [-0.4, -0.2) is 45.7 Å². The van der Waals surface area contributed by atoms with E-state index in [9.17, 15) is 9.90 Å². The topological polar surface area (TPSA) is 58.4 Å². The van der Waals surface area contributed by atoms with E-state index < -0.39 is 11.6 Å². The first-order valence-corrected chi connectivity index (χ1v) is 8.41. The van der Waals surface area contributed by atoms with Crippen LogP contribution in [0.2, 0.25) is 0 Å². The quantitative estimate of drug-likeness (QED) is 0.819. The SMILES string of the molecule is CC(C)(C=O)C(O)n1ccc(C2CCN(CC3CC3)CC2)n1. The molecule has 0 bridgehead atoms. The van der Waals surface area contributed by atoms with Gasteiger partial charge >= 0.3 is 0 Å². The molecule has 1 saturated carbocycles. The van der Waals surface area contributed by atoms with Crippen LogP contribution in [0.15, 0.2) is 12.3 Å². The van der Waals surface area contributed by atoms with Crippen molar-refractivity contribution in [3.8, 4) is 0 Å². The van der Waals surface area contributed by atoms with Crippen molar-refractivity contribution in [1.29, 1.82) is 0 Å². The second-order valence-corrected chi connectivity index (χ2v) is 7.55. The molecule has 2 fully saturated rings. The minimum Gasteiger partial charge on any atom is -0.371 e. The minimum atomic E-state index is -0.909. The Kier molecular flexibility index (Phi) is 4.37. The van der Waals surface area contributed by atoms with Crippen LogP contribution < -0.4 is 0 Å². The highest BCUT2D eigenvalue weighted by Gasteiger charge is 2.31. The van der Waals surface area contributed by atoms with E-state index in [2.05, 4.69) is 10.00 Å². The Morgan fingerprint density at radius 2 is 2.05 bits per heavy atom. The lowest BCUT2D eigenvalue weighted by atomic mass is 9.93. The highest BCUT2D eigenvalue weighted by Crippen LogP contribution is 2.33. The summed E-state index contributed by atoms with van der Waals surface area (Å²) >= 11 is 0. The fourth-order valence-corrected chi connectivity index (χ4v) is 3.19. The second kappa shape index (κ2) is 6.13. The van der Waals surface area contributed by atoms with Gasteiger partial charge in [0.05, 0.1) is 11.1 Å². The number of rotatable bonds is 6. The molecule has 1 atom stereocenters. The summed E-state index contributed by atoms with van der Waals surface area (Å²) in [6, 6.07) is 1.99. The van der Waals surface area contributed by atoms with Crippen molar-refractivity contribution in [3.63, 3.8) is 0 Å². The molecular formula is C17H27N3O2. The van der Waals surface area contributed by atoms with Gasteiger partial charge in [0.25, 0.3) is 0 Å². The summed E-state index contributed by atoms with van der Waals surface area (Å²) in [6.45, 7) is 7.02. The number of carbonyl (C=O) groups excluding carboxylic acids is 1. The van der Waals surface area contributed by atoms with E-state index in [1.54, 1.807) is 20.0 Å². The predicted molar refractivity (Wildman–Crippen MR) is 84.5 cm³/mol. The molecule has 1 aliphatic carbocycles. The first-order valence-electron chi connectivity index (χ1n) is 8.41. The smallest absolute Gasteiger partial charge is 0.158 e. The van der Waals surface area contributed by atoms with E-state index in [0.29, 0.717) is 5.92 Å². The van der Waals surface area contributed by atoms with Gasteiger partial charge in [0.1, 0.15) is 6.29 Å². The predicted octanol–water partition coefficient (Wildman–Crippen LogP) is 2.19. The zero-order chi connectivity index (χ0) is 15.7. The van der Waals surface area contributed by atoms with Crippen LogP contribution in [0.5, 0.6) is 0 Å². The van der Waals surface area contributed by atoms with Crippen molar-refractivity contribution >= 4 is 6.29 Å². The van der Waals surface area contributed by atoms with Gasteiger partial charge in [0, 0.05) is 18.7 Å². The average Bonchev–Trinajstić information content (AvgIpc) is 3.20. The monoisotopic (exact) mass is 305 g/mol. The van der Waals surface area contributed by atoms with Crippen LogP contribution in [0, 0.1) is 11.3 Å². The third kappa shape index (κ3) is 3.41. The Morgan fingerprint density at radius 1 is 1.36 bits per heavy atom. The lowest BCUT2D eigenvalue weighted by molar-refractivity contribution is -0.124. The molecule has 122 valence electrons. The molecule has 0 radical (unpaired) electrons. The summed E-state index contributed by atoms with van der Waals surface area (Å²) < 4.78 is 1.53. The van der Waals surface area contributed by atoms with E-state index >= 15 is 0 Å². The minimum absolute atomic E-state index is 0.475. The number of nitrogens with zero attached hydrogens (tertiary/aromatic N) is 3. The average molecular weight is 305 g/mol. The molecule has 5 nitrogen and oxygen atoms in total. The fraction of sp³-hybridized carbons (Fsp3) is 0.765. The lowest BCUT2D eigenvalue weighted by Gasteiger charge is -2.31. The van der Waals surface area contributed by atoms with Crippen molar-refractivity contribution in [1.82, 2.24) is 14.7 Å². The highest BCUT2D eigenvalue weighted by atomic mass is 16.3. The van der Waals surface area contributed by atoms with Crippen molar-refractivity contribution in [2.24, 2.45) is 11.3 Å². The van der Waals surface area contributed by atoms with Crippen LogP contribution in [0.1, 0.15) is 57.4 Å². The summed E-state index contributed by atoms with van der Waals surface area (Å²) in [5, 5.41) is 14.8. The Hall–Kier alpha value is -1.20. The fourth-order valence-electron chi connectivity index (χ4n) is 3.19. The maximum atomic E-state index is 11.1. The maximum Gasteiger partial charge on any atom is 0.158 e. The molecule has 0 spiro atoms. The molecule has 1 aromatic heterocycles. The van der Waals surface area contributed by atoms with Gasteiger partial charge in [-0.3, -0.25) is 0 Å². The standard InChI is InChI=1S/C17H27N3O2/c1-17(2,12-21)16(22)20-10-7-15(18-20)14-5-8-19(9-6-14)11-13-3-4-13/h7,10,12-14,16,22H,3-6,8-9,11H2,1-2H3. The van der Waals surface area contributed by atoms with Crippen LogP contribution in [-0.2, 0) is 4.79 Å². The number of likely N-dealkylation sites (tertiary alicyclic amines) is 1. The van der Waals surface area contributed by atoms with Gasteiger partial charge in [0.15, 0.2) is 6.23 Å². The Balaban J connectivity index is 1.58. The van der Waals surface area contributed by atoms with Gasteiger partial charge in [0.2, 0.25) is 0 Å². The highest BCUT2D eigenvalue weighted by molar-refractivity contribution is 5.58. The number of hydrogen-bond donors (Lipinski definition) is 1. The van der Waals surface area contributed by atoms with Crippen LogP contribution in [0.3, 0.4) is 0 Å². The summed E-state index contributed by atoms with van der Waals surface area (Å²) in [5.41, 5.74) is 0.225. The van der Waals surface area contributed by atoms with E-state index in [0.717, 1.165) is 43.8 Å². The molecular weight excluding hydrogens is 278 g/mol. The van der Waals surface area contributed by atoms with Gasteiger partial charge in [-0.2, -0.15) is 5.10 Å². The molecule has 2 heterocycles. The molecule has 1 aromatic rings. The Labute approximate surface area is 132 Å². The Bertz CT molecular complexity index is 514. The van der Waals surface area contributed by atoms with Crippen molar-refractivity contribution in [2.45, 2.75) is 51.7 Å². The lowest BCUT2D eigenvalue weighted by Crippen LogP contribution is -2.34. The number of hydrogen-bond acceptors (Lipinski definition) is 4. The van der Waals surface area contributed by atoms with Crippen molar-refractivity contribution < 1.29 is 9.90 Å². The van der Waals surface area contributed by atoms with Gasteiger partial charge in [-0.25, -0.2) is 4.68 Å². The second-order valence-electron chi connectivity index (χ2n) is 7.55. The molecule has 1 saturated heterocycles. The molecule has 22 heavy (non-hydrogen) atoms. The molecule has 1 unspecified atom stereocenters. The molecule has 5 heteroatoms. The van der Waals surface area contributed by atoms with E-state index in [4.69, 9.17) is 0 Å². The number of carbonyl (C=O) groups is 1. The largest absolute Gasteiger partial charge is 0.371 e. The number of aliphatic hydroxyl groups is 1. The van der Waals surface area contributed by atoms with Crippen LogP contribution >= 0.6 is 0 Å². The molecule has 0 amide bonds. The number of aromatic nitrogens is 2. The molecule has 1 N–H and O–H groups in total. The number of aliphatic hydroxyl groups excluding tert-OH is 1. The summed E-state index contributed by atoms with van der Waals surface area (Å²) in [5.74, 6) is 1.43. The molecule has 0 aromatic carbocycles. The summed E-state index contributed by atoms with van der Waals surface area (Å²) in [6.07, 6.45) is 6.77. The van der Waals surface area contributed by atoms with Crippen LogP contribution in [0.4, 0.5) is 0 Å². The molecule has 3 rings (SSSR count). The van der Waals surface area contributed by atoms with Crippen molar-refractivity contribution in [2.75, 3.05) is 19.6 Å². The van der Waals surface area contributed by atoms with Crippen LogP contribution in [0.25, 0.3) is 0 Å². The Morgan fingerprint density at radius 3 is 2.64 bits per heavy atom. The van der Waals surface area contributed by atoms with Gasteiger partial charge in [-0.15, -0.1) is 0 Å². The maximum absolute atomic E-state index is 11.1. The number of aldehydes is 1. The van der Waals surface area contributed by atoms with Crippen molar-refractivity contribution in [3.05, 3.63) is 18.0 Å². The third-order valence-electron chi connectivity index (χ3n) is 5.07. The third-order valence-corrected chi connectivity index (χ3v) is 5.07. The summed E-state index contributed by atoms with van der Waals surface area (Å²) in [4.78, 5) is 13.7. The summed E-state index contributed by atoms with van der Waals surface area (Å²) in [7, 11) is 0. The molecule has 2 aliphatic rings. The number of piperidine rings is 1. The van der Waals surface area contributed by atoms with E-state index in [1.807, 2.05) is 6.07 Å². The first-order chi connectivity index (χ1) is 10.5. The zero-order valence-corrected chi connectivity index (χ0v) is 13.6. The van der Waals surface area contributed by atoms with E-state index in [-0.39, 0.29) is 0 Å². The molecule has 1 aliphatic heterocycles. The zero-order valence-electron chi connectivity index (χ0n) is 13.6. The first kappa shape index (κ1) is 15.7. The van der Waals surface area contributed by atoms with Gasteiger partial charge < -0.3 is 14.8 Å². The van der Waals surface area contributed by atoms with Gasteiger partial charge in [-0.05, 0) is 64.6 Å². The van der Waals surface area contributed by atoms with E-state index in [1.165, 1.54) is 24.1 Å². The van der Waals surface area contributed by atoms with Gasteiger partial charge in [-0.1, -0.05) is 0 Å². The normalized spacial score (nSPS) is 22.7.